The Morgan fingerprint density at radius 2 is 1.60 bits per heavy atom. The van der Waals surface area contributed by atoms with Gasteiger partial charge < -0.3 is 10.2 Å². The van der Waals surface area contributed by atoms with Gasteiger partial charge in [0.2, 0.25) is 0 Å². The van der Waals surface area contributed by atoms with Gasteiger partial charge in [0.25, 0.3) is 0 Å². The molecule has 0 saturated carbocycles. The highest BCUT2D eigenvalue weighted by Gasteiger charge is 2.25. The molecule has 0 heterocycles. The molecule has 1 aromatic rings. The van der Waals surface area contributed by atoms with Crippen LogP contribution < -0.4 is 0 Å². The van der Waals surface area contributed by atoms with Crippen LogP contribution in [0.2, 0.25) is 0 Å². The summed E-state index contributed by atoms with van der Waals surface area (Å²) >= 11 is 2.85. The van der Waals surface area contributed by atoms with Crippen LogP contribution in [0.15, 0.2) is 12.1 Å². The Labute approximate surface area is 92.5 Å². The number of aliphatic hydroxyl groups is 2. The molecule has 0 aliphatic heterocycles. The summed E-state index contributed by atoms with van der Waals surface area (Å²) in [6, 6.07) is 0.894. The summed E-state index contributed by atoms with van der Waals surface area (Å²) in [7, 11) is 0. The number of alkyl halides is 1. The maximum absolute atomic E-state index is 13.1. The van der Waals surface area contributed by atoms with E-state index in [1.54, 1.807) is 0 Å². The maximum atomic E-state index is 13.1. The highest BCUT2D eigenvalue weighted by molar-refractivity contribution is 9.09. The van der Waals surface area contributed by atoms with E-state index in [1.165, 1.54) is 0 Å². The Morgan fingerprint density at radius 3 is 2.00 bits per heavy atom. The fourth-order valence-electron chi connectivity index (χ4n) is 1.11. The van der Waals surface area contributed by atoms with Gasteiger partial charge in [0, 0.05) is 17.5 Å². The van der Waals surface area contributed by atoms with Crippen LogP contribution in [0.5, 0.6) is 0 Å². The highest BCUT2D eigenvalue weighted by atomic mass is 79.9. The quantitative estimate of drug-likeness (QED) is 0.833. The zero-order chi connectivity index (χ0) is 11.6. The van der Waals surface area contributed by atoms with E-state index in [0.717, 1.165) is 0 Å². The monoisotopic (exact) mass is 284 g/mol. The van der Waals surface area contributed by atoms with Crippen molar-refractivity contribution in [2.75, 3.05) is 5.33 Å². The number of hydrogen-bond donors (Lipinski definition) is 2. The first-order chi connectivity index (χ1) is 6.97. The van der Waals surface area contributed by atoms with Gasteiger partial charge in [-0.25, -0.2) is 13.2 Å². The molecule has 2 unspecified atom stereocenters. The molecule has 0 fully saturated rings. The van der Waals surface area contributed by atoms with Crippen LogP contribution >= 0.6 is 15.9 Å². The van der Waals surface area contributed by atoms with Gasteiger partial charge in [0.1, 0.15) is 23.6 Å². The van der Waals surface area contributed by atoms with Crippen molar-refractivity contribution in [3.63, 3.8) is 0 Å². The predicted molar refractivity (Wildman–Crippen MR) is 51.1 cm³/mol. The first-order valence-corrected chi connectivity index (χ1v) is 5.16. The van der Waals surface area contributed by atoms with E-state index in [0.29, 0.717) is 12.1 Å². The molecule has 1 rings (SSSR count). The van der Waals surface area contributed by atoms with Crippen molar-refractivity contribution >= 4 is 15.9 Å². The molecule has 0 radical (unpaired) electrons. The molecule has 0 aliphatic rings. The van der Waals surface area contributed by atoms with Crippen molar-refractivity contribution in [1.29, 1.82) is 0 Å². The van der Waals surface area contributed by atoms with Crippen LogP contribution in [0, 0.1) is 17.5 Å². The second kappa shape index (κ2) is 4.96. The fraction of sp³-hybridized carbons (Fsp3) is 0.333. The number of aliphatic hydroxyl groups excluding tert-OH is 2. The second-order valence-corrected chi connectivity index (χ2v) is 3.60. The van der Waals surface area contributed by atoms with E-state index in [9.17, 15) is 23.4 Å². The maximum Gasteiger partial charge on any atom is 0.134 e. The molecule has 0 spiro atoms. The van der Waals surface area contributed by atoms with Crippen LogP contribution in [0.25, 0.3) is 0 Å². The van der Waals surface area contributed by atoms with Crippen molar-refractivity contribution in [2.45, 2.75) is 12.2 Å². The summed E-state index contributed by atoms with van der Waals surface area (Å²) in [4.78, 5) is 0. The van der Waals surface area contributed by atoms with Crippen molar-refractivity contribution in [2.24, 2.45) is 0 Å². The molecule has 1 aromatic carbocycles. The summed E-state index contributed by atoms with van der Waals surface area (Å²) in [5, 5.41) is 18.5. The van der Waals surface area contributed by atoms with Gasteiger partial charge in [0.05, 0.1) is 11.7 Å². The molecule has 15 heavy (non-hydrogen) atoms. The third-order valence-corrected chi connectivity index (χ3v) is 2.53. The lowest BCUT2D eigenvalue weighted by Crippen LogP contribution is -2.21. The Hall–Kier alpha value is -0.590. The van der Waals surface area contributed by atoms with Gasteiger partial charge in [-0.3, -0.25) is 0 Å². The Bertz CT molecular complexity index is 336. The molecule has 0 aromatic heterocycles. The van der Waals surface area contributed by atoms with E-state index in [4.69, 9.17) is 0 Å². The number of halogens is 4. The van der Waals surface area contributed by atoms with Crippen molar-refractivity contribution in [3.8, 4) is 0 Å². The molecular formula is C9H8BrF3O2. The minimum absolute atomic E-state index is 0.0512. The van der Waals surface area contributed by atoms with Crippen LogP contribution in [0.3, 0.4) is 0 Å². The van der Waals surface area contributed by atoms with E-state index in [-0.39, 0.29) is 5.33 Å². The first-order valence-electron chi connectivity index (χ1n) is 4.04. The Balaban J connectivity index is 3.13. The average Bonchev–Trinajstić information content (AvgIpc) is 2.14. The van der Waals surface area contributed by atoms with E-state index in [2.05, 4.69) is 15.9 Å². The van der Waals surface area contributed by atoms with Gasteiger partial charge in [-0.2, -0.15) is 0 Å². The smallest absolute Gasteiger partial charge is 0.134 e. The number of hydrogen-bond acceptors (Lipinski definition) is 2. The van der Waals surface area contributed by atoms with Crippen LogP contribution in [-0.2, 0) is 0 Å². The van der Waals surface area contributed by atoms with Crippen molar-refractivity contribution < 1.29 is 23.4 Å². The van der Waals surface area contributed by atoms with Crippen molar-refractivity contribution in [1.82, 2.24) is 0 Å². The van der Waals surface area contributed by atoms with Crippen LogP contribution in [-0.4, -0.2) is 21.6 Å². The second-order valence-electron chi connectivity index (χ2n) is 2.95. The van der Waals surface area contributed by atoms with Gasteiger partial charge in [-0.15, -0.1) is 0 Å². The molecule has 2 nitrogen and oxygen atoms in total. The van der Waals surface area contributed by atoms with Gasteiger partial charge in [-0.05, 0) is 0 Å². The molecule has 0 saturated heterocycles. The predicted octanol–water partition coefficient (Wildman–Crippen LogP) is 1.89. The lowest BCUT2D eigenvalue weighted by Gasteiger charge is -2.17. The molecule has 84 valence electrons. The molecule has 0 amide bonds. The topological polar surface area (TPSA) is 40.5 Å². The standard InChI is InChI=1S/C9H8BrF3O2/c10-3-7(14)9(15)8-5(12)1-4(11)2-6(8)13/h1-2,7,9,14-15H,3H2. The summed E-state index contributed by atoms with van der Waals surface area (Å²) in [5.41, 5.74) is -0.733. The van der Waals surface area contributed by atoms with Crippen LogP contribution in [0.4, 0.5) is 13.2 Å². The molecular weight excluding hydrogens is 277 g/mol. The Morgan fingerprint density at radius 1 is 1.13 bits per heavy atom. The molecule has 0 bridgehead atoms. The van der Waals surface area contributed by atoms with E-state index < -0.39 is 35.2 Å². The third kappa shape index (κ3) is 2.70. The largest absolute Gasteiger partial charge is 0.389 e. The van der Waals surface area contributed by atoms with Gasteiger partial charge >= 0.3 is 0 Å². The highest BCUT2D eigenvalue weighted by Crippen LogP contribution is 2.25. The number of benzene rings is 1. The average molecular weight is 285 g/mol. The third-order valence-electron chi connectivity index (χ3n) is 1.86. The van der Waals surface area contributed by atoms with E-state index in [1.807, 2.05) is 0 Å². The normalized spacial score (nSPS) is 15.1. The SMILES string of the molecule is OC(CBr)C(O)c1c(F)cc(F)cc1F. The summed E-state index contributed by atoms with van der Waals surface area (Å²) in [6.07, 6.45) is -3.09. The Kier molecular flexibility index (Phi) is 4.12. The fourth-order valence-corrected chi connectivity index (χ4v) is 1.47. The first kappa shape index (κ1) is 12.5. The molecule has 2 atom stereocenters. The van der Waals surface area contributed by atoms with Crippen LogP contribution in [0.1, 0.15) is 11.7 Å². The lowest BCUT2D eigenvalue weighted by molar-refractivity contribution is 0.0294. The summed E-state index contributed by atoms with van der Waals surface area (Å²) in [6.45, 7) is 0. The number of rotatable bonds is 3. The molecule has 2 N–H and O–H groups in total. The minimum atomic E-state index is -1.73. The molecule has 6 heteroatoms. The summed E-state index contributed by atoms with van der Waals surface area (Å²) in [5.74, 6) is -3.52. The van der Waals surface area contributed by atoms with Crippen molar-refractivity contribution in [3.05, 3.63) is 35.1 Å². The molecule has 0 aliphatic carbocycles. The van der Waals surface area contributed by atoms with Gasteiger partial charge in [-0.1, -0.05) is 15.9 Å². The zero-order valence-corrected chi connectivity index (χ0v) is 9.01. The van der Waals surface area contributed by atoms with Gasteiger partial charge in [0.15, 0.2) is 0 Å². The lowest BCUT2D eigenvalue weighted by atomic mass is 10.0. The zero-order valence-electron chi connectivity index (χ0n) is 7.42. The summed E-state index contributed by atoms with van der Waals surface area (Å²) < 4.78 is 38.7. The van der Waals surface area contributed by atoms with E-state index >= 15 is 0 Å². The minimum Gasteiger partial charge on any atom is -0.389 e.